The topological polar surface area (TPSA) is 55.2 Å². The molecule has 39 heavy (non-hydrogen) atoms. The number of aryl methyl sites for hydroxylation is 2. The van der Waals surface area contributed by atoms with Gasteiger partial charge in [-0.2, -0.15) is 0 Å². The summed E-state index contributed by atoms with van der Waals surface area (Å²) in [5.74, 6) is 1.58. The highest BCUT2D eigenvalue weighted by molar-refractivity contribution is 7.80. The van der Waals surface area contributed by atoms with Crippen molar-refractivity contribution in [3.05, 3.63) is 132 Å². The number of rotatable bonds is 6. The molecule has 4 heterocycles. The summed E-state index contributed by atoms with van der Waals surface area (Å²) in [6, 6.07) is 28.2. The highest BCUT2D eigenvalue weighted by atomic mass is 32.1. The average molecular weight is 532 g/mol. The molecule has 0 amide bonds. The number of ether oxygens (including phenoxy) is 1. The minimum absolute atomic E-state index is 0.104. The number of aromatic nitrogens is 3. The van der Waals surface area contributed by atoms with Crippen molar-refractivity contribution in [2.24, 2.45) is 0 Å². The quantitative estimate of drug-likeness (QED) is 0.235. The fourth-order valence-corrected chi connectivity index (χ4v) is 5.68. The van der Waals surface area contributed by atoms with Gasteiger partial charge in [0.15, 0.2) is 5.11 Å². The van der Waals surface area contributed by atoms with E-state index in [1.165, 1.54) is 11.1 Å². The van der Waals surface area contributed by atoms with E-state index in [-0.39, 0.29) is 12.1 Å². The Hall–Kier alpha value is -4.49. The second-order valence-corrected chi connectivity index (χ2v) is 10.2. The summed E-state index contributed by atoms with van der Waals surface area (Å²) in [4.78, 5) is 11.2. The lowest BCUT2D eigenvalue weighted by Gasteiger charge is -2.28. The van der Waals surface area contributed by atoms with Gasteiger partial charge in [0, 0.05) is 29.5 Å². The van der Waals surface area contributed by atoms with Crippen molar-refractivity contribution >= 4 is 23.0 Å². The first-order chi connectivity index (χ1) is 19.0. The molecule has 7 heteroatoms. The molecule has 194 valence electrons. The lowest BCUT2D eigenvalue weighted by Crippen LogP contribution is -2.29. The molecule has 2 atom stereocenters. The van der Waals surface area contributed by atoms with Crippen molar-refractivity contribution in [1.29, 1.82) is 0 Å². The third-order valence-corrected chi connectivity index (χ3v) is 7.48. The summed E-state index contributed by atoms with van der Waals surface area (Å²) >= 11 is 5.94. The van der Waals surface area contributed by atoms with Crippen molar-refractivity contribution in [2.45, 2.75) is 32.9 Å². The third-order valence-electron chi connectivity index (χ3n) is 7.16. The van der Waals surface area contributed by atoms with E-state index in [0.717, 1.165) is 40.0 Å². The monoisotopic (exact) mass is 531 g/mol. The van der Waals surface area contributed by atoms with E-state index in [0.29, 0.717) is 5.11 Å². The van der Waals surface area contributed by atoms with Crippen LogP contribution in [0.5, 0.6) is 11.5 Å². The molecule has 6 nitrogen and oxygen atoms in total. The first-order valence-corrected chi connectivity index (χ1v) is 13.3. The van der Waals surface area contributed by atoms with Crippen LogP contribution in [0.15, 0.2) is 104 Å². The van der Waals surface area contributed by atoms with Crippen LogP contribution in [0.3, 0.4) is 0 Å². The summed E-state index contributed by atoms with van der Waals surface area (Å²) in [5.41, 5.74) is 7.61. The lowest BCUT2D eigenvalue weighted by molar-refractivity contribution is 0.482. The van der Waals surface area contributed by atoms with E-state index in [4.69, 9.17) is 21.9 Å². The maximum absolute atomic E-state index is 6.08. The first-order valence-electron chi connectivity index (χ1n) is 12.9. The number of nitrogens with one attached hydrogen (secondary N) is 1. The van der Waals surface area contributed by atoms with Crippen LogP contribution in [0.25, 0.3) is 5.69 Å². The highest BCUT2D eigenvalue weighted by Gasteiger charge is 2.42. The summed E-state index contributed by atoms with van der Waals surface area (Å²) in [6.45, 7) is 6.35. The highest BCUT2D eigenvalue weighted by Crippen LogP contribution is 2.44. The van der Waals surface area contributed by atoms with Gasteiger partial charge in [-0.05, 0) is 105 Å². The molecule has 0 saturated carbocycles. The van der Waals surface area contributed by atoms with Crippen LogP contribution in [-0.2, 0) is 0 Å². The van der Waals surface area contributed by atoms with E-state index in [2.05, 4.69) is 70.9 Å². The van der Waals surface area contributed by atoms with Gasteiger partial charge in [0.25, 0.3) is 0 Å². The number of anilines is 1. The number of thiocarbonyl (C=S) groups is 1. The fraction of sp³-hybridized carbons (Fsp3) is 0.156. The molecule has 0 spiro atoms. The van der Waals surface area contributed by atoms with E-state index < -0.39 is 0 Å². The second-order valence-electron chi connectivity index (χ2n) is 9.78. The van der Waals surface area contributed by atoms with Crippen LogP contribution in [0.2, 0.25) is 0 Å². The van der Waals surface area contributed by atoms with E-state index >= 15 is 0 Å². The van der Waals surface area contributed by atoms with Gasteiger partial charge in [-0.25, -0.2) is 0 Å². The summed E-state index contributed by atoms with van der Waals surface area (Å²) < 4.78 is 8.33. The Morgan fingerprint density at radius 1 is 0.821 bits per heavy atom. The Labute approximate surface area is 233 Å². The molecule has 3 aromatic heterocycles. The Bertz CT molecular complexity index is 1600. The van der Waals surface area contributed by atoms with Crippen molar-refractivity contribution in [3.8, 4) is 17.2 Å². The molecule has 1 N–H and O–H groups in total. The molecule has 5 aromatic rings. The predicted octanol–water partition coefficient (Wildman–Crippen LogP) is 7.16. The van der Waals surface area contributed by atoms with Crippen LogP contribution in [0, 0.1) is 20.8 Å². The predicted molar refractivity (Wildman–Crippen MR) is 159 cm³/mol. The number of pyridine rings is 2. The molecule has 0 bridgehead atoms. The van der Waals surface area contributed by atoms with Gasteiger partial charge in [0.2, 0.25) is 0 Å². The van der Waals surface area contributed by atoms with E-state index in [9.17, 15) is 0 Å². The van der Waals surface area contributed by atoms with Gasteiger partial charge < -0.3 is 19.5 Å². The minimum Gasteiger partial charge on any atom is -0.457 e. The molecule has 1 aliphatic heterocycles. The van der Waals surface area contributed by atoms with Gasteiger partial charge in [-0.3, -0.25) is 9.97 Å². The van der Waals surface area contributed by atoms with Crippen LogP contribution in [0.1, 0.15) is 40.3 Å². The van der Waals surface area contributed by atoms with Gasteiger partial charge in [-0.15, -0.1) is 0 Å². The minimum atomic E-state index is -0.120. The summed E-state index contributed by atoms with van der Waals surface area (Å²) in [5, 5.41) is 4.23. The normalized spacial score (nSPS) is 16.8. The zero-order chi connectivity index (χ0) is 26.9. The van der Waals surface area contributed by atoms with Gasteiger partial charge in [0.05, 0.1) is 29.7 Å². The van der Waals surface area contributed by atoms with Crippen molar-refractivity contribution in [3.63, 3.8) is 0 Å². The third kappa shape index (κ3) is 4.77. The first kappa shape index (κ1) is 24.8. The molecule has 0 radical (unpaired) electrons. The maximum Gasteiger partial charge on any atom is 0.174 e. The van der Waals surface area contributed by atoms with Crippen molar-refractivity contribution < 1.29 is 4.74 Å². The number of hydrogen-bond donors (Lipinski definition) is 1. The fourth-order valence-electron chi connectivity index (χ4n) is 5.34. The summed E-state index contributed by atoms with van der Waals surface area (Å²) in [6.07, 6.45) is 5.51. The molecule has 1 saturated heterocycles. The van der Waals surface area contributed by atoms with Crippen molar-refractivity contribution in [1.82, 2.24) is 19.9 Å². The van der Waals surface area contributed by atoms with Crippen LogP contribution >= 0.6 is 12.2 Å². The van der Waals surface area contributed by atoms with Crippen LogP contribution in [0.4, 0.5) is 5.69 Å². The number of nitrogens with zero attached hydrogens (tertiary/aromatic N) is 4. The number of benzene rings is 2. The average Bonchev–Trinajstić information content (AvgIpc) is 3.46. The van der Waals surface area contributed by atoms with Crippen LogP contribution < -0.4 is 15.0 Å². The number of hydrogen-bond acceptors (Lipinski definition) is 4. The zero-order valence-electron chi connectivity index (χ0n) is 22.1. The summed E-state index contributed by atoms with van der Waals surface area (Å²) in [7, 11) is 0. The smallest absolute Gasteiger partial charge is 0.174 e. The molecular formula is C32H29N5OS. The van der Waals surface area contributed by atoms with Crippen molar-refractivity contribution in [2.75, 3.05) is 4.90 Å². The Morgan fingerprint density at radius 3 is 2.23 bits per heavy atom. The van der Waals surface area contributed by atoms with Gasteiger partial charge in [-0.1, -0.05) is 23.8 Å². The van der Waals surface area contributed by atoms with Gasteiger partial charge in [0.1, 0.15) is 11.5 Å². The molecule has 0 unspecified atom stereocenters. The van der Waals surface area contributed by atoms with Gasteiger partial charge >= 0.3 is 0 Å². The second kappa shape index (κ2) is 10.3. The SMILES string of the molecule is Cc1ccc(Oc2ccc(N3C(=S)N[C@H](c4ccccn4)[C@@H]3c3cc(C)n(-c4cccnc4)c3C)cc2)cc1. The van der Waals surface area contributed by atoms with E-state index in [1.54, 1.807) is 6.20 Å². The maximum atomic E-state index is 6.08. The molecular weight excluding hydrogens is 502 g/mol. The standard InChI is InChI=1S/C32H29N5OS/c1-21-9-13-26(14-10-21)38-27-15-11-24(12-16-27)37-31(30(35-32(37)39)29-8-4-5-18-34-29)28-19-22(2)36(23(28)3)25-7-6-17-33-20-25/h4-20,30-31H,1-3H3,(H,35,39)/t30-,31+/m1/s1. The largest absolute Gasteiger partial charge is 0.457 e. The molecule has 1 aliphatic rings. The Balaban J connectivity index is 1.40. The molecule has 6 rings (SSSR count). The lowest BCUT2D eigenvalue weighted by atomic mass is 9.96. The molecule has 1 fully saturated rings. The Kier molecular flexibility index (Phi) is 6.59. The molecule has 0 aliphatic carbocycles. The Morgan fingerprint density at radius 2 is 1.56 bits per heavy atom. The zero-order valence-corrected chi connectivity index (χ0v) is 22.9. The van der Waals surface area contributed by atoms with Crippen LogP contribution in [-0.4, -0.2) is 19.6 Å². The molecule has 2 aromatic carbocycles. The van der Waals surface area contributed by atoms with E-state index in [1.807, 2.05) is 67.0 Å².